The molecule has 7 nitrogen and oxygen atoms in total. The summed E-state index contributed by atoms with van der Waals surface area (Å²) in [6.45, 7) is 1.42. The fourth-order valence-electron chi connectivity index (χ4n) is 3.07. The van der Waals surface area contributed by atoms with Crippen molar-refractivity contribution in [3.8, 4) is 0 Å². The second-order valence-corrected chi connectivity index (χ2v) is 6.37. The van der Waals surface area contributed by atoms with Gasteiger partial charge in [0.15, 0.2) is 0 Å². The molecular weight excluding hydrogens is 344 g/mol. The fourth-order valence-corrected chi connectivity index (χ4v) is 3.07. The average Bonchev–Trinajstić information content (AvgIpc) is 2.73. The topological polar surface area (TPSA) is 86.2 Å². The second-order valence-electron chi connectivity index (χ2n) is 6.37. The summed E-state index contributed by atoms with van der Waals surface area (Å²) in [4.78, 5) is 25.4. The van der Waals surface area contributed by atoms with Crippen LogP contribution in [0.2, 0.25) is 0 Å². The zero-order chi connectivity index (χ0) is 18.5. The Labute approximate surface area is 156 Å². The molecule has 1 amide bonds. The van der Waals surface area contributed by atoms with E-state index in [0.717, 1.165) is 11.2 Å². The van der Waals surface area contributed by atoms with Crippen LogP contribution in [-0.2, 0) is 16.1 Å². The van der Waals surface area contributed by atoms with E-state index in [4.69, 9.17) is 9.47 Å². The lowest BCUT2D eigenvalue weighted by Gasteiger charge is -2.32. The van der Waals surface area contributed by atoms with Gasteiger partial charge >= 0.3 is 0 Å². The third-order valence-electron chi connectivity index (χ3n) is 4.52. The van der Waals surface area contributed by atoms with E-state index in [0.29, 0.717) is 37.3 Å². The van der Waals surface area contributed by atoms with E-state index in [2.05, 4.69) is 20.3 Å². The van der Waals surface area contributed by atoms with Crippen molar-refractivity contribution >= 4 is 16.9 Å². The summed E-state index contributed by atoms with van der Waals surface area (Å²) in [5, 5.41) is 3.07. The molecule has 3 aromatic rings. The van der Waals surface area contributed by atoms with Crippen LogP contribution < -0.4 is 5.32 Å². The summed E-state index contributed by atoms with van der Waals surface area (Å²) >= 11 is 0. The molecule has 2 aromatic heterocycles. The molecule has 1 fully saturated rings. The van der Waals surface area contributed by atoms with Crippen LogP contribution >= 0.6 is 0 Å². The van der Waals surface area contributed by atoms with Gasteiger partial charge in [0.2, 0.25) is 0 Å². The van der Waals surface area contributed by atoms with Gasteiger partial charge in [0.05, 0.1) is 36.0 Å². The number of ether oxygens (including phenoxy) is 2. The minimum atomic E-state index is -0.218. The quantitative estimate of drug-likeness (QED) is 0.746. The molecule has 1 N–H and O–H groups in total. The number of amides is 1. The predicted molar refractivity (Wildman–Crippen MR) is 99.0 cm³/mol. The van der Waals surface area contributed by atoms with E-state index in [9.17, 15) is 4.79 Å². The SMILES string of the molecule is O=C(N[C@@H]1CCOC[C@H]1OCc1ccccn1)c1ccc2nccnc2c1. The molecule has 0 radical (unpaired) electrons. The molecular formula is C20H20N4O3. The normalized spacial score (nSPS) is 19.7. The Morgan fingerprint density at radius 1 is 1.11 bits per heavy atom. The lowest BCUT2D eigenvalue weighted by atomic mass is 10.0. The Kier molecular flexibility index (Phi) is 5.32. The van der Waals surface area contributed by atoms with E-state index in [1.807, 2.05) is 18.2 Å². The van der Waals surface area contributed by atoms with E-state index in [1.165, 1.54) is 0 Å². The minimum absolute atomic E-state index is 0.118. The van der Waals surface area contributed by atoms with Crippen molar-refractivity contribution < 1.29 is 14.3 Å². The molecule has 0 saturated carbocycles. The van der Waals surface area contributed by atoms with E-state index < -0.39 is 0 Å². The first-order valence-electron chi connectivity index (χ1n) is 8.90. The van der Waals surface area contributed by atoms with Gasteiger partial charge in [0, 0.05) is 30.8 Å². The first kappa shape index (κ1) is 17.5. The molecule has 0 spiro atoms. The monoisotopic (exact) mass is 364 g/mol. The average molecular weight is 364 g/mol. The van der Waals surface area contributed by atoms with Crippen LogP contribution in [-0.4, -0.2) is 46.2 Å². The van der Waals surface area contributed by atoms with Crippen molar-refractivity contribution in [2.24, 2.45) is 0 Å². The van der Waals surface area contributed by atoms with Gasteiger partial charge in [-0.25, -0.2) is 0 Å². The molecule has 1 saturated heterocycles. The number of benzene rings is 1. The number of carbonyl (C=O) groups excluding carboxylic acids is 1. The van der Waals surface area contributed by atoms with Crippen LogP contribution in [0.4, 0.5) is 0 Å². The number of hydrogen-bond acceptors (Lipinski definition) is 6. The maximum atomic E-state index is 12.7. The van der Waals surface area contributed by atoms with Gasteiger partial charge in [-0.3, -0.25) is 19.7 Å². The highest BCUT2D eigenvalue weighted by Crippen LogP contribution is 2.16. The summed E-state index contributed by atoms with van der Waals surface area (Å²) in [5.74, 6) is -0.152. The molecule has 4 rings (SSSR count). The molecule has 27 heavy (non-hydrogen) atoms. The van der Waals surface area contributed by atoms with Gasteiger partial charge in [0.25, 0.3) is 5.91 Å². The van der Waals surface area contributed by atoms with Crippen molar-refractivity contribution in [1.29, 1.82) is 0 Å². The van der Waals surface area contributed by atoms with Crippen molar-refractivity contribution in [3.63, 3.8) is 0 Å². The Balaban J connectivity index is 1.42. The minimum Gasteiger partial charge on any atom is -0.379 e. The number of nitrogens with zero attached hydrogens (tertiary/aromatic N) is 3. The van der Waals surface area contributed by atoms with Gasteiger partial charge in [-0.1, -0.05) is 6.07 Å². The predicted octanol–water partition coefficient (Wildman–Crippen LogP) is 2.13. The standard InChI is InChI=1S/C20H20N4O3/c25-20(14-4-5-16-18(11-14)23-9-8-22-16)24-17-6-10-26-13-19(17)27-12-15-3-1-2-7-21-15/h1-5,7-9,11,17,19H,6,10,12-13H2,(H,24,25)/t17-,19-/m1/s1. The largest absolute Gasteiger partial charge is 0.379 e. The Hall–Kier alpha value is -2.90. The highest BCUT2D eigenvalue weighted by Gasteiger charge is 2.28. The number of rotatable bonds is 5. The Morgan fingerprint density at radius 3 is 2.85 bits per heavy atom. The van der Waals surface area contributed by atoms with E-state index >= 15 is 0 Å². The fraction of sp³-hybridized carbons (Fsp3) is 0.300. The van der Waals surface area contributed by atoms with Crippen LogP contribution in [0.1, 0.15) is 22.5 Å². The molecule has 1 aromatic carbocycles. The molecule has 0 aliphatic carbocycles. The van der Waals surface area contributed by atoms with Gasteiger partial charge in [-0.2, -0.15) is 0 Å². The summed E-state index contributed by atoms with van der Waals surface area (Å²) in [7, 11) is 0. The number of pyridine rings is 1. The first-order chi connectivity index (χ1) is 13.3. The molecule has 7 heteroatoms. The highest BCUT2D eigenvalue weighted by molar-refractivity contribution is 5.97. The zero-order valence-corrected chi connectivity index (χ0v) is 14.7. The molecule has 138 valence electrons. The maximum Gasteiger partial charge on any atom is 0.251 e. The van der Waals surface area contributed by atoms with Crippen molar-refractivity contribution in [2.75, 3.05) is 13.2 Å². The van der Waals surface area contributed by atoms with E-state index in [-0.39, 0.29) is 18.1 Å². The number of nitrogens with one attached hydrogen (secondary N) is 1. The number of hydrogen-bond donors (Lipinski definition) is 1. The van der Waals surface area contributed by atoms with Crippen LogP contribution in [0.15, 0.2) is 55.0 Å². The summed E-state index contributed by atoms with van der Waals surface area (Å²) in [6, 6.07) is 10.9. The number of carbonyl (C=O) groups is 1. The van der Waals surface area contributed by atoms with Crippen LogP contribution in [0.3, 0.4) is 0 Å². The molecule has 1 aliphatic heterocycles. The third kappa shape index (κ3) is 4.27. The second kappa shape index (κ2) is 8.20. The molecule has 0 unspecified atom stereocenters. The zero-order valence-electron chi connectivity index (χ0n) is 14.7. The summed E-state index contributed by atoms with van der Waals surface area (Å²) < 4.78 is 11.5. The maximum absolute atomic E-state index is 12.7. The van der Waals surface area contributed by atoms with E-state index in [1.54, 1.807) is 36.8 Å². The molecule has 3 heterocycles. The first-order valence-corrected chi connectivity index (χ1v) is 8.90. The Morgan fingerprint density at radius 2 is 2.00 bits per heavy atom. The van der Waals surface area contributed by atoms with Gasteiger partial charge in [-0.05, 0) is 36.8 Å². The number of aromatic nitrogens is 3. The molecule has 1 aliphatic rings. The lowest BCUT2D eigenvalue weighted by Crippen LogP contribution is -2.50. The third-order valence-corrected chi connectivity index (χ3v) is 4.52. The van der Waals surface area contributed by atoms with Gasteiger partial charge < -0.3 is 14.8 Å². The number of fused-ring (bicyclic) bond motifs is 1. The Bertz CT molecular complexity index is 919. The van der Waals surface area contributed by atoms with Crippen molar-refractivity contribution in [2.45, 2.75) is 25.2 Å². The van der Waals surface area contributed by atoms with Gasteiger partial charge in [-0.15, -0.1) is 0 Å². The molecule has 2 atom stereocenters. The van der Waals surface area contributed by atoms with Gasteiger partial charge in [0.1, 0.15) is 6.10 Å². The van der Waals surface area contributed by atoms with Crippen LogP contribution in [0, 0.1) is 0 Å². The smallest absolute Gasteiger partial charge is 0.251 e. The van der Waals surface area contributed by atoms with Crippen LogP contribution in [0.5, 0.6) is 0 Å². The highest BCUT2D eigenvalue weighted by atomic mass is 16.5. The van der Waals surface area contributed by atoms with Crippen LogP contribution in [0.25, 0.3) is 11.0 Å². The lowest BCUT2D eigenvalue weighted by molar-refractivity contribution is -0.0743. The summed E-state index contributed by atoms with van der Waals surface area (Å²) in [6.07, 6.45) is 5.46. The summed E-state index contributed by atoms with van der Waals surface area (Å²) in [5.41, 5.74) is 2.86. The van der Waals surface area contributed by atoms with Crippen molar-refractivity contribution in [1.82, 2.24) is 20.3 Å². The molecule has 0 bridgehead atoms. The van der Waals surface area contributed by atoms with Crippen molar-refractivity contribution in [3.05, 3.63) is 66.2 Å².